The lowest BCUT2D eigenvalue weighted by atomic mass is 10.2. The predicted octanol–water partition coefficient (Wildman–Crippen LogP) is 2.95. The highest BCUT2D eigenvalue weighted by atomic mass is 32.2. The molecule has 0 aliphatic heterocycles. The van der Waals surface area contributed by atoms with Crippen LogP contribution in [-0.2, 0) is 26.1 Å². The van der Waals surface area contributed by atoms with Gasteiger partial charge in [-0.25, -0.2) is 17.9 Å². The fraction of sp³-hybridized carbons (Fsp3) is 0.429. The Hall–Kier alpha value is -2.65. The zero-order chi connectivity index (χ0) is 22.5. The molecular formula is C21H28N2O6S. The van der Waals surface area contributed by atoms with E-state index in [1.165, 1.54) is 37.5 Å². The molecule has 1 amide bonds. The van der Waals surface area contributed by atoms with E-state index in [2.05, 4.69) is 4.72 Å². The number of benzene rings is 1. The Morgan fingerprint density at radius 2 is 1.73 bits per heavy atom. The zero-order valence-electron chi connectivity index (χ0n) is 17.8. The molecule has 1 aromatic carbocycles. The maximum Gasteiger partial charge on any atom is 0.338 e. The van der Waals surface area contributed by atoms with Gasteiger partial charge in [0.15, 0.2) is 6.10 Å². The standard InChI is InChI=1S/C21H28N2O6S/c1-14(2)23(15(3)4)20(24)16(5)29-21(25)17-8-6-10-19(12-17)30(26,27)22-13-18-9-7-11-28-18/h6-12,14-16,22H,13H2,1-5H3. The number of carbonyl (C=O) groups excluding carboxylic acids is 2. The summed E-state index contributed by atoms with van der Waals surface area (Å²) in [6.07, 6.45) is 0.447. The predicted molar refractivity (Wildman–Crippen MR) is 111 cm³/mol. The number of ether oxygens (including phenoxy) is 1. The van der Waals surface area contributed by atoms with Crippen LogP contribution in [0.4, 0.5) is 0 Å². The first kappa shape index (κ1) is 23.6. The maximum absolute atomic E-state index is 12.7. The molecule has 164 valence electrons. The lowest BCUT2D eigenvalue weighted by Gasteiger charge is -2.32. The Kier molecular flexibility index (Phi) is 7.80. The summed E-state index contributed by atoms with van der Waals surface area (Å²) in [5.41, 5.74) is 0.0381. The second kappa shape index (κ2) is 9.90. The van der Waals surface area contributed by atoms with Gasteiger partial charge in [-0.1, -0.05) is 6.07 Å². The quantitative estimate of drug-likeness (QED) is 0.606. The number of furan rings is 1. The topological polar surface area (TPSA) is 106 Å². The van der Waals surface area contributed by atoms with Crippen LogP contribution in [0.3, 0.4) is 0 Å². The van der Waals surface area contributed by atoms with Gasteiger partial charge in [0.1, 0.15) is 5.76 Å². The van der Waals surface area contributed by atoms with Gasteiger partial charge in [0, 0.05) is 12.1 Å². The second-order valence-corrected chi connectivity index (χ2v) is 9.18. The van der Waals surface area contributed by atoms with Crippen LogP contribution in [0.2, 0.25) is 0 Å². The Labute approximate surface area is 177 Å². The first-order valence-electron chi connectivity index (χ1n) is 9.68. The molecule has 9 heteroatoms. The van der Waals surface area contributed by atoms with E-state index in [4.69, 9.17) is 9.15 Å². The average Bonchev–Trinajstić information content (AvgIpc) is 3.19. The lowest BCUT2D eigenvalue weighted by molar-refractivity contribution is -0.143. The van der Waals surface area contributed by atoms with Crippen molar-refractivity contribution in [2.45, 2.75) is 64.2 Å². The van der Waals surface area contributed by atoms with E-state index in [0.717, 1.165) is 0 Å². The minimum absolute atomic E-state index is 0.0181. The van der Waals surface area contributed by atoms with Crippen LogP contribution < -0.4 is 4.72 Å². The minimum atomic E-state index is -3.87. The van der Waals surface area contributed by atoms with Gasteiger partial charge in [0.25, 0.3) is 5.91 Å². The highest BCUT2D eigenvalue weighted by molar-refractivity contribution is 7.89. The summed E-state index contributed by atoms with van der Waals surface area (Å²) < 4.78 is 37.8. The van der Waals surface area contributed by atoms with E-state index in [9.17, 15) is 18.0 Å². The van der Waals surface area contributed by atoms with Gasteiger partial charge < -0.3 is 14.1 Å². The number of nitrogens with one attached hydrogen (secondary N) is 1. The molecule has 0 fully saturated rings. The number of carbonyl (C=O) groups is 2. The third-order valence-corrected chi connectivity index (χ3v) is 5.79. The van der Waals surface area contributed by atoms with Crippen LogP contribution in [0.5, 0.6) is 0 Å². The van der Waals surface area contributed by atoms with Crippen LogP contribution in [0, 0.1) is 0 Å². The van der Waals surface area contributed by atoms with Crippen molar-refractivity contribution < 1.29 is 27.2 Å². The lowest BCUT2D eigenvalue weighted by Crippen LogP contribution is -2.47. The molecular weight excluding hydrogens is 408 g/mol. The van der Waals surface area contributed by atoms with Gasteiger partial charge in [-0.2, -0.15) is 0 Å². The van der Waals surface area contributed by atoms with E-state index in [1.807, 2.05) is 27.7 Å². The SMILES string of the molecule is CC(OC(=O)c1cccc(S(=O)(=O)NCc2ccco2)c1)C(=O)N(C(C)C)C(C)C. The molecule has 0 spiro atoms. The maximum atomic E-state index is 12.7. The van der Waals surface area contributed by atoms with Crippen LogP contribution >= 0.6 is 0 Å². The molecule has 0 aliphatic carbocycles. The summed E-state index contributed by atoms with van der Waals surface area (Å²) in [4.78, 5) is 26.7. The van der Waals surface area contributed by atoms with Crippen molar-refractivity contribution in [3.63, 3.8) is 0 Å². The van der Waals surface area contributed by atoms with E-state index >= 15 is 0 Å². The molecule has 0 saturated carbocycles. The van der Waals surface area contributed by atoms with Crippen molar-refractivity contribution in [2.24, 2.45) is 0 Å². The van der Waals surface area contributed by atoms with E-state index in [0.29, 0.717) is 5.76 Å². The largest absolute Gasteiger partial charge is 0.468 e. The zero-order valence-corrected chi connectivity index (χ0v) is 18.6. The third kappa shape index (κ3) is 5.93. The summed E-state index contributed by atoms with van der Waals surface area (Å²) >= 11 is 0. The molecule has 0 aliphatic rings. The first-order valence-corrected chi connectivity index (χ1v) is 11.2. The van der Waals surface area contributed by atoms with E-state index < -0.39 is 22.1 Å². The molecule has 2 rings (SSSR count). The molecule has 8 nitrogen and oxygen atoms in total. The smallest absolute Gasteiger partial charge is 0.338 e. The van der Waals surface area contributed by atoms with Crippen molar-refractivity contribution in [3.05, 3.63) is 54.0 Å². The molecule has 2 aromatic rings. The van der Waals surface area contributed by atoms with Crippen LogP contribution in [-0.4, -0.2) is 43.4 Å². The van der Waals surface area contributed by atoms with Crippen molar-refractivity contribution >= 4 is 21.9 Å². The van der Waals surface area contributed by atoms with E-state index in [1.54, 1.807) is 17.0 Å². The van der Waals surface area contributed by atoms with Gasteiger partial charge in [0.05, 0.1) is 23.3 Å². The molecule has 1 atom stereocenters. The third-order valence-electron chi connectivity index (χ3n) is 4.40. The monoisotopic (exact) mass is 436 g/mol. The number of hydrogen-bond acceptors (Lipinski definition) is 6. The molecule has 0 bridgehead atoms. The average molecular weight is 437 g/mol. The first-order chi connectivity index (χ1) is 14.0. The van der Waals surface area contributed by atoms with Crippen LogP contribution in [0.1, 0.15) is 50.7 Å². The molecule has 1 unspecified atom stereocenters. The molecule has 0 saturated heterocycles. The van der Waals surface area contributed by atoms with Gasteiger partial charge in [-0.3, -0.25) is 4.79 Å². The van der Waals surface area contributed by atoms with Gasteiger partial charge in [-0.15, -0.1) is 0 Å². The number of hydrogen-bond donors (Lipinski definition) is 1. The van der Waals surface area contributed by atoms with Crippen molar-refractivity contribution in [3.8, 4) is 0 Å². The molecule has 1 heterocycles. The van der Waals surface area contributed by atoms with Gasteiger partial charge in [0.2, 0.25) is 10.0 Å². The normalized spacial score (nSPS) is 12.8. The minimum Gasteiger partial charge on any atom is -0.468 e. The van der Waals surface area contributed by atoms with Gasteiger partial charge in [-0.05, 0) is 65.0 Å². The highest BCUT2D eigenvalue weighted by Crippen LogP contribution is 2.15. The van der Waals surface area contributed by atoms with E-state index in [-0.39, 0.29) is 35.0 Å². The summed E-state index contributed by atoms with van der Waals surface area (Å²) in [5, 5.41) is 0. The van der Waals surface area contributed by atoms with Crippen LogP contribution in [0.15, 0.2) is 52.0 Å². The van der Waals surface area contributed by atoms with Crippen molar-refractivity contribution in [1.29, 1.82) is 0 Å². The Morgan fingerprint density at radius 3 is 2.30 bits per heavy atom. The highest BCUT2D eigenvalue weighted by Gasteiger charge is 2.28. The molecule has 30 heavy (non-hydrogen) atoms. The number of sulfonamides is 1. The number of nitrogens with zero attached hydrogens (tertiary/aromatic N) is 1. The van der Waals surface area contributed by atoms with Crippen molar-refractivity contribution in [2.75, 3.05) is 0 Å². The van der Waals surface area contributed by atoms with Crippen LogP contribution in [0.25, 0.3) is 0 Å². The molecule has 1 N–H and O–H groups in total. The molecule has 1 aromatic heterocycles. The Balaban J connectivity index is 2.10. The summed E-state index contributed by atoms with van der Waals surface area (Å²) in [6, 6.07) is 8.67. The second-order valence-electron chi connectivity index (χ2n) is 7.41. The number of rotatable bonds is 9. The summed E-state index contributed by atoms with van der Waals surface area (Å²) in [5.74, 6) is -0.620. The Bertz CT molecular complexity index is 959. The summed E-state index contributed by atoms with van der Waals surface area (Å²) in [6.45, 7) is 9.03. The van der Waals surface area contributed by atoms with Gasteiger partial charge >= 0.3 is 5.97 Å². The Morgan fingerprint density at radius 1 is 1.07 bits per heavy atom. The fourth-order valence-corrected chi connectivity index (χ4v) is 4.09. The number of esters is 1. The summed E-state index contributed by atoms with van der Waals surface area (Å²) in [7, 11) is -3.87. The fourth-order valence-electron chi connectivity index (χ4n) is 3.05. The van der Waals surface area contributed by atoms with Crippen molar-refractivity contribution in [1.82, 2.24) is 9.62 Å². The molecule has 0 radical (unpaired) electrons. The number of amides is 1.